The minimum absolute atomic E-state index is 0. The van der Waals surface area contributed by atoms with E-state index in [4.69, 9.17) is 0 Å². The Labute approximate surface area is 129 Å². The molecule has 1 amide bonds. The van der Waals surface area contributed by atoms with E-state index in [0.717, 1.165) is 32.0 Å². The van der Waals surface area contributed by atoms with Crippen LogP contribution >= 0.6 is 12.4 Å². The van der Waals surface area contributed by atoms with E-state index in [1.54, 1.807) is 0 Å². The first-order valence-corrected chi connectivity index (χ1v) is 7.95. The largest absolute Gasteiger partial charge is 0.355 e. The fraction of sp³-hybridized carbons (Fsp3) is 0.933. The predicted molar refractivity (Wildman–Crippen MR) is 85.3 cm³/mol. The highest BCUT2D eigenvalue weighted by Gasteiger charge is 2.27. The molecule has 1 saturated heterocycles. The number of piperidine rings is 1. The van der Waals surface area contributed by atoms with E-state index in [2.05, 4.69) is 22.5 Å². The molecule has 2 N–H and O–H groups in total. The Balaban J connectivity index is 0.00000200. The molecule has 2 fully saturated rings. The molecule has 118 valence electrons. The summed E-state index contributed by atoms with van der Waals surface area (Å²) < 4.78 is 0. The zero-order valence-corrected chi connectivity index (χ0v) is 13.7. The van der Waals surface area contributed by atoms with E-state index in [9.17, 15) is 4.79 Å². The first-order valence-electron chi connectivity index (χ1n) is 7.95. The number of likely N-dealkylation sites (tertiary alicyclic amines) is 1. The summed E-state index contributed by atoms with van der Waals surface area (Å²) in [6.07, 6.45) is 6.20. The van der Waals surface area contributed by atoms with E-state index in [1.807, 2.05) is 6.92 Å². The molecule has 0 aromatic heterocycles. The van der Waals surface area contributed by atoms with Gasteiger partial charge in [-0.05, 0) is 51.5 Å². The quantitative estimate of drug-likeness (QED) is 0.754. The summed E-state index contributed by atoms with van der Waals surface area (Å²) in [6, 6.07) is 0.693. The highest BCUT2D eigenvalue weighted by Crippen LogP contribution is 2.28. The Bertz CT molecular complexity index is 289. The lowest BCUT2D eigenvalue weighted by molar-refractivity contribution is -0.126. The maximum Gasteiger partial charge on any atom is 0.237 e. The molecule has 20 heavy (non-hydrogen) atoms. The molecule has 0 aromatic rings. The number of rotatable bonds is 7. The number of nitrogens with one attached hydrogen (secondary N) is 2. The summed E-state index contributed by atoms with van der Waals surface area (Å²) >= 11 is 0. The molecule has 2 aliphatic rings. The number of hydrogen-bond acceptors (Lipinski definition) is 3. The van der Waals surface area contributed by atoms with Crippen molar-refractivity contribution in [2.24, 2.45) is 5.92 Å². The Morgan fingerprint density at radius 3 is 2.45 bits per heavy atom. The maximum absolute atomic E-state index is 11.9. The summed E-state index contributed by atoms with van der Waals surface area (Å²) in [7, 11) is 0. The summed E-state index contributed by atoms with van der Waals surface area (Å²) in [4.78, 5) is 14.3. The van der Waals surface area contributed by atoms with Gasteiger partial charge in [0.1, 0.15) is 0 Å². The lowest BCUT2D eigenvalue weighted by atomic mass is 10.0. The van der Waals surface area contributed by atoms with Gasteiger partial charge in [-0.3, -0.25) is 9.69 Å². The Hall–Kier alpha value is -0.320. The number of nitrogens with zero attached hydrogens (tertiary/aromatic N) is 1. The van der Waals surface area contributed by atoms with Crippen LogP contribution in [0.4, 0.5) is 0 Å². The Kier molecular flexibility index (Phi) is 7.85. The topological polar surface area (TPSA) is 44.4 Å². The van der Waals surface area contributed by atoms with Crippen LogP contribution in [0.25, 0.3) is 0 Å². The predicted octanol–water partition coefficient (Wildman–Crippen LogP) is 1.79. The molecule has 1 atom stereocenters. The van der Waals surface area contributed by atoms with Gasteiger partial charge in [0.25, 0.3) is 0 Å². The zero-order valence-electron chi connectivity index (χ0n) is 12.9. The average Bonchev–Trinajstić information content (AvgIpc) is 3.26. The van der Waals surface area contributed by atoms with E-state index in [1.165, 1.54) is 32.2 Å². The second-order valence-corrected chi connectivity index (χ2v) is 6.13. The van der Waals surface area contributed by atoms with Crippen molar-refractivity contribution < 1.29 is 4.79 Å². The van der Waals surface area contributed by atoms with Gasteiger partial charge >= 0.3 is 0 Å². The normalized spacial score (nSPS) is 22.1. The number of carbonyl (C=O) groups excluding carboxylic acids is 1. The van der Waals surface area contributed by atoms with Crippen molar-refractivity contribution in [1.29, 1.82) is 0 Å². The van der Waals surface area contributed by atoms with Gasteiger partial charge in [-0.25, -0.2) is 0 Å². The maximum atomic E-state index is 11.9. The van der Waals surface area contributed by atoms with Crippen LogP contribution in [0.15, 0.2) is 0 Å². The summed E-state index contributed by atoms with van der Waals surface area (Å²) in [5.74, 6) is 1.14. The van der Waals surface area contributed by atoms with Crippen molar-refractivity contribution in [1.82, 2.24) is 15.5 Å². The molecule has 4 nitrogen and oxygen atoms in total. The summed E-state index contributed by atoms with van der Waals surface area (Å²) in [6.45, 7) is 8.21. The van der Waals surface area contributed by atoms with Gasteiger partial charge in [0, 0.05) is 25.7 Å². The first-order chi connectivity index (χ1) is 9.20. The highest BCUT2D eigenvalue weighted by atomic mass is 35.5. The standard InChI is InChI=1S/C15H29N3O.ClH/c1-3-8-16-15(19)12(2)18-9-6-14(7-10-18)17-11-13-4-5-13;/h12-14,17H,3-11H2,1-2H3,(H,16,19);1H. The van der Waals surface area contributed by atoms with Crippen molar-refractivity contribution in [3.63, 3.8) is 0 Å². The van der Waals surface area contributed by atoms with Crippen LogP contribution in [0.1, 0.15) is 46.0 Å². The van der Waals surface area contributed by atoms with Crippen LogP contribution in [-0.2, 0) is 4.79 Å². The third-order valence-corrected chi connectivity index (χ3v) is 4.40. The van der Waals surface area contributed by atoms with E-state index < -0.39 is 0 Å². The van der Waals surface area contributed by atoms with Gasteiger partial charge < -0.3 is 10.6 Å². The van der Waals surface area contributed by atoms with Crippen LogP contribution in [0.2, 0.25) is 0 Å². The van der Waals surface area contributed by atoms with Gasteiger partial charge in [-0.15, -0.1) is 12.4 Å². The molecule has 1 unspecified atom stereocenters. The molecule has 2 rings (SSSR count). The molecule has 1 saturated carbocycles. The third kappa shape index (κ3) is 5.58. The number of amides is 1. The first kappa shape index (κ1) is 17.7. The van der Waals surface area contributed by atoms with Crippen molar-refractivity contribution >= 4 is 18.3 Å². The Morgan fingerprint density at radius 2 is 1.90 bits per heavy atom. The lowest BCUT2D eigenvalue weighted by Gasteiger charge is -2.35. The fourth-order valence-electron chi connectivity index (χ4n) is 2.71. The smallest absolute Gasteiger partial charge is 0.237 e. The molecular formula is C15H30ClN3O. The Morgan fingerprint density at radius 1 is 1.25 bits per heavy atom. The lowest BCUT2D eigenvalue weighted by Crippen LogP contribution is -2.51. The molecule has 1 heterocycles. The second-order valence-electron chi connectivity index (χ2n) is 6.13. The van der Waals surface area contributed by atoms with Crippen LogP contribution in [0, 0.1) is 5.92 Å². The van der Waals surface area contributed by atoms with Crippen molar-refractivity contribution in [2.45, 2.75) is 58.0 Å². The average molecular weight is 304 g/mol. The number of carbonyl (C=O) groups is 1. The molecule has 0 bridgehead atoms. The molecule has 1 aliphatic heterocycles. The van der Waals surface area contributed by atoms with Crippen molar-refractivity contribution in [3.8, 4) is 0 Å². The molecule has 0 radical (unpaired) electrons. The minimum Gasteiger partial charge on any atom is -0.355 e. The van der Waals surface area contributed by atoms with Gasteiger partial charge in [-0.2, -0.15) is 0 Å². The van der Waals surface area contributed by atoms with Gasteiger partial charge in [0.15, 0.2) is 0 Å². The second kappa shape index (κ2) is 8.85. The van der Waals surface area contributed by atoms with Crippen molar-refractivity contribution in [3.05, 3.63) is 0 Å². The SMILES string of the molecule is CCCNC(=O)C(C)N1CCC(NCC2CC2)CC1.Cl. The number of hydrogen-bond donors (Lipinski definition) is 2. The van der Waals surface area contributed by atoms with Crippen LogP contribution < -0.4 is 10.6 Å². The van der Waals surface area contributed by atoms with E-state index in [0.29, 0.717) is 6.04 Å². The van der Waals surface area contributed by atoms with Gasteiger partial charge in [-0.1, -0.05) is 6.92 Å². The molecule has 1 aliphatic carbocycles. The number of halogens is 1. The van der Waals surface area contributed by atoms with Crippen LogP contribution in [0.3, 0.4) is 0 Å². The minimum atomic E-state index is 0. The van der Waals surface area contributed by atoms with Gasteiger partial charge in [0.05, 0.1) is 6.04 Å². The summed E-state index contributed by atoms with van der Waals surface area (Å²) in [5.41, 5.74) is 0. The molecule has 0 spiro atoms. The van der Waals surface area contributed by atoms with E-state index in [-0.39, 0.29) is 24.4 Å². The van der Waals surface area contributed by atoms with Gasteiger partial charge in [0.2, 0.25) is 5.91 Å². The van der Waals surface area contributed by atoms with Crippen LogP contribution in [-0.4, -0.2) is 49.1 Å². The van der Waals surface area contributed by atoms with E-state index >= 15 is 0 Å². The molecule has 0 aromatic carbocycles. The third-order valence-electron chi connectivity index (χ3n) is 4.40. The summed E-state index contributed by atoms with van der Waals surface area (Å²) in [5, 5.41) is 6.67. The molecule has 5 heteroatoms. The fourth-order valence-corrected chi connectivity index (χ4v) is 2.71. The van der Waals surface area contributed by atoms with Crippen molar-refractivity contribution in [2.75, 3.05) is 26.2 Å². The molecular weight excluding hydrogens is 274 g/mol. The monoisotopic (exact) mass is 303 g/mol. The highest BCUT2D eigenvalue weighted by molar-refractivity contribution is 5.85. The van der Waals surface area contributed by atoms with Crippen LogP contribution in [0.5, 0.6) is 0 Å². The zero-order chi connectivity index (χ0) is 13.7.